The van der Waals surface area contributed by atoms with Crippen LogP contribution >= 0.6 is 0 Å². The molecule has 3 rings (SSSR count). The first kappa shape index (κ1) is 17.4. The Kier molecular flexibility index (Phi) is 4.53. The van der Waals surface area contributed by atoms with Crippen molar-refractivity contribution in [1.82, 2.24) is 4.72 Å². The lowest BCUT2D eigenvalue weighted by molar-refractivity contribution is -0.117. The summed E-state index contributed by atoms with van der Waals surface area (Å²) in [4.78, 5) is 12.6. The molecule has 0 spiro atoms. The fourth-order valence-corrected chi connectivity index (χ4v) is 3.94. The lowest BCUT2D eigenvalue weighted by Gasteiger charge is -2.27. The number of fused-ring (bicyclic) bond motifs is 1. The van der Waals surface area contributed by atoms with Gasteiger partial charge >= 0.3 is 0 Å². The Morgan fingerprint density at radius 2 is 1.80 bits per heavy atom. The van der Waals surface area contributed by atoms with E-state index in [9.17, 15) is 13.2 Å². The van der Waals surface area contributed by atoms with E-state index in [-0.39, 0.29) is 4.90 Å². The predicted octanol–water partition coefficient (Wildman–Crippen LogP) is 2.79. The van der Waals surface area contributed by atoms with Gasteiger partial charge in [0.1, 0.15) is 4.90 Å². The van der Waals surface area contributed by atoms with Crippen molar-refractivity contribution in [1.29, 1.82) is 0 Å². The molecule has 0 bridgehead atoms. The Morgan fingerprint density at radius 1 is 1.12 bits per heavy atom. The van der Waals surface area contributed by atoms with Crippen LogP contribution in [0.15, 0.2) is 47.4 Å². The van der Waals surface area contributed by atoms with E-state index < -0.39 is 22.1 Å². The van der Waals surface area contributed by atoms with Gasteiger partial charge in [-0.1, -0.05) is 32.0 Å². The highest BCUT2D eigenvalue weighted by Crippen LogP contribution is 2.27. The van der Waals surface area contributed by atoms with Crippen LogP contribution in [0, 0.1) is 6.92 Å². The van der Waals surface area contributed by atoms with Gasteiger partial charge in [0.2, 0.25) is 10.0 Å². The molecule has 0 fully saturated rings. The molecule has 2 aromatic rings. The van der Waals surface area contributed by atoms with Crippen molar-refractivity contribution in [2.75, 3.05) is 10.6 Å². The van der Waals surface area contributed by atoms with Gasteiger partial charge in [0.05, 0.1) is 5.69 Å². The largest absolute Gasteiger partial charge is 0.360 e. The molecule has 0 radical (unpaired) electrons. The maximum atomic E-state index is 12.5. The topological polar surface area (TPSA) is 87.3 Å². The molecule has 6 nitrogen and oxygen atoms in total. The van der Waals surface area contributed by atoms with Crippen LogP contribution in [0.2, 0.25) is 0 Å². The minimum Gasteiger partial charge on any atom is -0.360 e. The maximum absolute atomic E-state index is 12.5. The van der Waals surface area contributed by atoms with Crippen molar-refractivity contribution in [3.05, 3.63) is 53.6 Å². The number of carbonyl (C=O) groups is 1. The molecule has 1 atom stereocenters. The van der Waals surface area contributed by atoms with Gasteiger partial charge in [-0.15, -0.1) is 0 Å². The summed E-state index contributed by atoms with van der Waals surface area (Å²) in [5.41, 5.74) is 3.12. The van der Waals surface area contributed by atoms with Crippen molar-refractivity contribution in [3.8, 4) is 0 Å². The Labute approximate surface area is 147 Å². The van der Waals surface area contributed by atoms with E-state index in [0.717, 1.165) is 5.56 Å². The van der Waals surface area contributed by atoms with Crippen molar-refractivity contribution < 1.29 is 13.2 Å². The minimum atomic E-state index is -3.74. The molecule has 2 aromatic carbocycles. The molecule has 0 unspecified atom stereocenters. The highest BCUT2D eigenvalue weighted by Gasteiger charge is 2.33. The second kappa shape index (κ2) is 6.50. The number of aryl methyl sites for hydroxylation is 1. The van der Waals surface area contributed by atoms with Crippen molar-refractivity contribution in [2.24, 2.45) is 0 Å². The summed E-state index contributed by atoms with van der Waals surface area (Å²) in [6.07, 6.45) is -1.07. The molecular formula is C18H21N3O3S. The van der Waals surface area contributed by atoms with Crippen LogP contribution in [0.5, 0.6) is 0 Å². The van der Waals surface area contributed by atoms with Crippen LogP contribution in [0.4, 0.5) is 11.4 Å². The smallest absolute Gasteiger partial charge is 0.262 e. The zero-order chi connectivity index (χ0) is 18.2. The van der Waals surface area contributed by atoms with Gasteiger partial charge in [-0.05, 0) is 48.2 Å². The standard InChI is InChI=1S/C18H21N3O3S/c1-11(2)13-5-7-14(8-6-13)19-18(22)17-20-15-10-12(3)4-9-16(15)25(23,24)21-17/h4-11,17,20-21H,1-3H3,(H,19,22)/t17-/m1/s1. The Balaban J connectivity index is 1.79. The number of nitrogens with one attached hydrogen (secondary N) is 3. The Morgan fingerprint density at radius 3 is 2.44 bits per heavy atom. The third-order valence-electron chi connectivity index (χ3n) is 4.10. The number of benzene rings is 2. The van der Waals surface area contributed by atoms with E-state index in [1.165, 1.54) is 11.6 Å². The van der Waals surface area contributed by atoms with Gasteiger partial charge in [-0.2, -0.15) is 4.72 Å². The fraction of sp³-hybridized carbons (Fsp3) is 0.278. The highest BCUT2D eigenvalue weighted by molar-refractivity contribution is 7.89. The molecule has 132 valence electrons. The second-order valence-corrected chi connectivity index (χ2v) is 8.15. The van der Waals surface area contributed by atoms with Crippen molar-refractivity contribution in [3.63, 3.8) is 0 Å². The van der Waals surface area contributed by atoms with Gasteiger partial charge in [0.25, 0.3) is 5.91 Å². The summed E-state index contributed by atoms with van der Waals surface area (Å²) in [5.74, 6) is -0.0654. The van der Waals surface area contributed by atoms with E-state index in [1.807, 2.05) is 31.2 Å². The summed E-state index contributed by atoms with van der Waals surface area (Å²) < 4.78 is 27.0. The van der Waals surface area contributed by atoms with Gasteiger partial charge in [0.15, 0.2) is 6.17 Å². The van der Waals surface area contributed by atoms with Crippen molar-refractivity contribution >= 4 is 27.3 Å². The molecule has 0 aromatic heterocycles. The summed E-state index contributed by atoms with van der Waals surface area (Å²) in [7, 11) is -3.74. The second-order valence-electron chi connectivity index (χ2n) is 6.46. The van der Waals surface area contributed by atoms with Crippen LogP contribution in [0.1, 0.15) is 30.9 Å². The number of anilines is 2. The molecule has 0 saturated carbocycles. The first-order chi connectivity index (χ1) is 11.8. The third-order valence-corrected chi connectivity index (χ3v) is 5.59. The number of amides is 1. The molecule has 25 heavy (non-hydrogen) atoms. The summed E-state index contributed by atoms with van der Waals surface area (Å²) in [6.45, 7) is 6.05. The minimum absolute atomic E-state index is 0.142. The van der Waals surface area contributed by atoms with Gasteiger partial charge in [-0.25, -0.2) is 8.42 Å². The average molecular weight is 359 g/mol. The number of hydrogen-bond donors (Lipinski definition) is 3. The zero-order valence-corrected chi connectivity index (χ0v) is 15.1. The number of hydrogen-bond acceptors (Lipinski definition) is 4. The molecule has 7 heteroatoms. The van der Waals surface area contributed by atoms with Gasteiger partial charge in [0, 0.05) is 5.69 Å². The van der Waals surface area contributed by atoms with Crippen LogP contribution < -0.4 is 15.4 Å². The van der Waals surface area contributed by atoms with E-state index in [2.05, 4.69) is 29.2 Å². The summed E-state index contributed by atoms with van der Waals surface area (Å²) >= 11 is 0. The van der Waals surface area contributed by atoms with E-state index in [4.69, 9.17) is 0 Å². The first-order valence-corrected chi connectivity index (χ1v) is 9.55. The normalized spacial score (nSPS) is 18.3. The van der Waals surface area contributed by atoms with Crippen molar-refractivity contribution in [2.45, 2.75) is 37.8 Å². The molecule has 0 saturated heterocycles. The molecule has 1 aliphatic heterocycles. The number of carbonyl (C=O) groups excluding carboxylic acids is 1. The Hall–Kier alpha value is -2.38. The van der Waals surface area contributed by atoms with Crippen LogP contribution in [0.3, 0.4) is 0 Å². The monoisotopic (exact) mass is 359 g/mol. The SMILES string of the molecule is Cc1ccc2c(c1)N[C@@H](C(=O)Nc1ccc(C(C)C)cc1)NS2(=O)=O. The zero-order valence-electron chi connectivity index (χ0n) is 14.3. The molecule has 1 aliphatic rings. The van der Waals surface area contributed by atoms with E-state index >= 15 is 0 Å². The number of sulfonamides is 1. The lowest BCUT2D eigenvalue weighted by atomic mass is 10.0. The summed E-state index contributed by atoms with van der Waals surface area (Å²) in [6, 6.07) is 12.5. The van der Waals surface area contributed by atoms with Gasteiger partial charge < -0.3 is 10.6 Å². The van der Waals surface area contributed by atoms with E-state index in [0.29, 0.717) is 17.3 Å². The quantitative estimate of drug-likeness (QED) is 0.786. The third kappa shape index (κ3) is 3.67. The summed E-state index contributed by atoms with van der Waals surface area (Å²) in [5, 5.41) is 5.67. The fourth-order valence-electron chi connectivity index (χ4n) is 2.68. The van der Waals surface area contributed by atoms with E-state index in [1.54, 1.807) is 12.1 Å². The van der Waals surface area contributed by atoms with Crippen LogP contribution in [0.25, 0.3) is 0 Å². The van der Waals surface area contributed by atoms with Crippen LogP contribution in [-0.2, 0) is 14.8 Å². The van der Waals surface area contributed by atoms with Gasteiger partial charge in [-0.3, -0.25) is 4.79 Å². The Bertz CT molecular complexity index is 906. The molecule has 3 N–H and O–H groups in total. The molecule has 1 heterocycles. The molecule has 1 amide bonds. The highest BCUT2D eigenvalue weighted by atomic mass is 32.2. The van der Waals surface area contributed by atoms with Crippen LogP contribution in [-0.4, -0.2) is 20.5 Å². The molecule has 0 aliphatic carbocycles. The molecular weight excluding hydrogens is 338 g/mol. The predicted molar refractivity (Wildman–Crippen MR) is 98.1 cm³/mol. The average Bonchev–Trinajstić information content (AvgIpc) is 2.54. The first-order valence-electron chi connectivity index (χ1n) is 8.06. The lowest BCUT2D eigenvalue weighted by Crippen LogP contribution is -2.51. The maximum Gasteiger partial charge on any atom is 0.262 e. The number of rotatable bonds is 3.